The van der Waals surface area contributed by atoms with E-state index in [-0.39, 0.29) is 22.1 Å². The van der Waals surface area contributed by atoms with E-state index in [1.54, 1.807) is 0 Å². The maximum absolute atomic E-state index is 12.2. The van der Waals surface area contributed by atoms with Crippen LogP contribution in [0.3, 0.4) is 0 Å². The molecule has 0 rings (SSSR count). The van der Waals surface area contributed by atoms with Gasteiger partial charge in [0.25, 0.3) is 0 Å². The smallest absolute Gasteiger partial charge is 0.329 e. The number of hydrogen-bond donors (Lipinski definition) is 1. The first-order valence-electron chi connectivity index (χ1n) is 10.6. The number of carbonyl (C=O) groups excluding carboxylic acids is 2. The average molecular weight is 471 g/mol. The maximum atomic E-state index is 12.2. The van der Waals surface area contributed by atoms with Crippen molar-refractivity contribution in [3.63, 3.8) is 0 Å². The minimum Gasteiger partial charge on any atom is -0.329 e. The van der Waals surface area contributed by atoms with Crippen LogP contribution in [0, 0.1) is 0 Å². The molecular weight excluding hydrogens is 429 g/mol. The summed E-state index contributed by atoms with van der Waals surface area (Å²) in [5, 5.41) is 0.121. The molecule has 6 nitrogen and oxygen atoms in total. The fourth-order valence-electron chi connectivity index (χ4n) is 2.23. The quantitative estimate of drug-likeness (QED) is 0.172. The first kappa shape index (κ1) is 29.3. The Hall–Kier alpha value is 0.310. The van der Waals surface area contributed by atoms with Crippen LogP contribution in [-0.2, 0) is 18.6 Å². The summed E-state index contributed by atoms with van der Waals surface area (Å²) >= 11 is 2.51. The maximum Gasteiger partial charge on any atom is 0.330 e. The Kier molecular flexibility index (Phi) is 18.1. The van der Waals surface area contributed by atoms with Crippen molar-refractivity contribution in [3.8, 4) is 0 Å². The van der Waals surface area contributed by atoms with Gasteiger partial charge in [0.05, 0.1) is 27.7 Å². The summed E-state index contributed by atoms with van der Waals surface area (Å²) in [5.41, 5.74) is 0. The summed E-state index contributed by atoms with van der Waals surface area (Å²) in [6.45, 7) is 5.59. The fourth-order valence-corrected chi connectivity index (χ4v) is 4.96. The Morgan fingerprint density at radius 2 is 1.55 bits per heavy atom. The second kappa shape index (κ2) is 17.9. The Balaban J connectivity index is 4.42. The number of nitrogens with zero attached hydrogens (tertiary/aromatic N) is 1. The summed E-state index contributed by atoms with van der Waals surface area (Å²) in [6, 6.07) is 0. The molecule has 0 aliphatic heterocycles. The van der Waals surface area contributed by atoms with Crippen molar-refractivity contribution in [1.82, 2.24) is 0 Å². The van der Waals surface area contributed by atoms with Gasteiger partial charge in [-0.15, -0.1) is 0 Å². The standard InChI is InChI=1S/C20H41NO5PS2/c1-6-8-10-12-19(22)28-17-18(29-20(23)13-11-9-7-2)16-26-27(24)25-15-14-21(3,4)5/h18,24H,6-17H2,1-5H3/q+1. The van der Waals surface area contributed by atoms with Gasteiger partial charge < -0.3 is 18.4 Å². The molecule has 0 bridgehead atoms. The summed E-state index contributed by atoms with van der Waals surface area (Å²) in [7, 11) is 4.18. The van der Waals surface area contributed by atoms with Gasteiger partial charge in [-0.1, -0.05) is 63.1 Å². The molecule has 2 atom stereocenters. The van der Waals surface area contributed by atoms with Gasteiger partial charge in [0, 0.05) is 23.8 Å². The largest absolute Gasteiger partial charge is 0.330 e. The van der Waals surface area contributed by atoms with Crippen LogP contribution < -0.4 is 0 Å². The highest BCUT2D eigenvalue weighted by molar-refractivity contribution is 8.17. The molecule has 0 aromatic carbocycles. The third-order valence-corrected chi connectivity index (χ3v) is 7.21. The third kappa shape index (κ3) is 20.0. The molecule has 0 spiro atoms. The lowest BCUT2D eigenvalue weighted by Gasteiger charge is -2.24. The Bertz CT molecular complexity index is 449. The van der Waals surface area contributed by atoms with Crippen LogP contribution in [-0.4, -0.2) is 71.5 Å². The Morgan fingerprint density at radius 3 is 2.10 bits per heavy atom. The molecule has 172 valence electrons. The van der Waals surface area contributed by atoms with Crippen LogP contribution in [0.15, 0.2) is 0 Å². The van der Waals surface area contributed by atoms with E-state index in [1.807, 2.05) is 0 Å². The van der Waals surface area contributed by atoms with Crippen molar-refractivity contribution >= 4 is 42.4 Å². The van der Waals surface area contributed by atoms with Gasteiger partial charge in [-0.05, 0) is 12.8 Å². The van der Waals surface area contributed by atoms with Crippen molar-refractivity contribution in [2.24, 2.45) is 0 Å². The number of quaternary nitrogens is 1. The number of hydrogen-bond acceptors (Lipinski definition) is 7. The van der Waals surface area contributed by atoms with Crippen LogP contribution in [0.4, 0.5) is 0 Å². The van der Waals surface area contributed by atoms with Crippen LogP contribution in [0.5, 0.6) is 0 Å². The molecule has 0 aromatic heterocycles. The lowest BCUT2D eigenvalue weighted by Crippen LogP contribution is -2.37. The second-order valence-corrected chi connectivity index (χ2v) is 11.5. The summed E-state index contributed by atoms with van der Waals surface area (Å²) < 4.78 is 11.6. The highest BCUT2D eigenvalue weighted by atomic mass is 32.2. The monoisotopic (exact) mass is 470 g/mol. The van der Waals surface area contributed by atoms with Crippen LogP contribution in [0.25, 0.3) is 0 Å². The van der Waals surface area contributed by atoms with Gasteiger partial charge in [-0.2, -0.15) is 0 Å². The number of unbranched alkanes of at least 4 members (excludes halogenated alkanes) is 4. The number of carbonyl (C=O) groups is 2. The van der Waals surface area contributed by atoms with Gasteiger partial charge >= 0.3 is 8.60 Å². The van der Waals surface area contributed by atoms with E-state index in [0.29, 0.717) is 25.2 Å². The van der Waals surface area contributed by atoms with Crippen molar-refractivity contribution in [1.29, 1.82) is 0 Å². The SMILES string of the molecule is CCCCCC(=O)SCC(COP(O)OCC[N+](C)(C)C)SC(=O)CCCCC. The number of rotatable bonds is 18. The van der Waals surface area contributed by atoms with E-state index in [0.717, 1.165) is 49.6 Å². The molecule has 0 saturated heterocycles. The molecule has 2 unspecified atom stereocenters. The lowest BCUT2D eigenvalue weighted by atomic mass is 10.2. The van der Waals surface area contributed by atoms with E-state index in [9.17, 15) is 14.5 Å². The summed E-state index contributed by atoms with van der Waals surface area (Å²) in [5.74, 6) is 0.511. The van der Waals surface area contributed by atoms with Gasteiger partial charge in [0.1, 0.15) is 13.2 Å². The Labute approximate surface area is 187 Å². The number of thioether (sulfide) groups is 2. The molecule has 1 N–H and O–H groups in total. The summed E-state index contributed by atoms with van der Waals surface area (Å²) in [4.78, 5) is 34.3. The highest BCUT2D eigenvalue weighted by Gasteiger charge is 2.20. The fraction of sp³-hybridized carbons (Fsp3) is 0.900. The van der Waals surface area contributed by atoms with Crippen molar-refractivity contribution in [2.75, 3.05) is 46.7 Å². The zero-order valence-corrected chi connectivity index (χ0v) is 21.4. The zero-order chi connectivity index (χ0) is 22.1. The van der Waals surface area contributed by atoms with Crippen LogP contribution >= 0.6 is 32.1 Å². The van der Waals surface area contributed by atoms with E-state index in [4.69, 9.17) is 9.05 Å². The predicted octanol–water partition coefficient (Wildman–Crippen LogP) is 4.99. The minimum absolute atomic E-state index is 0.124. The molecular formula is C20H41NO5PS2+. The van der Waals surface area contributed by atoms with E-state index < -0.39 is 8.60 Å². The van der Waals surface area contributed by atoms with Gasteiger partial charge in [-0.3, -0.25) is 9.59 Å². The molecule has 9 heteroatoms. The lowest BCUT2D eigenvalue weighted by molar-refractivity contribution is -0.870. The van der Waals surface area contributed by atoms with Crippen molar-refractivity contribution in [2.45, 2.75) is 70.5 Å². The highest BCUT2D eigenvalue weighted by Crippen LogP contribution is 2.34. The normalized spacial score (nSPS) is 14.0. The van der Waals surface area contributed by atoms with Crippen LogP contribution in [0.1, 0.15) is 65.2 Å². The van der Waals surface area contributed by atoms with E-state index in [1.165, 1.54) is 23.5 Å². The molecule has 0 fully saturated rings. The molecule has 0 heterocycles. The number of likely N-dealkylation sites (N-methyl/N-ethyl adjacent to an activating group) is 1. The van der Waals surface area contributed by atoms with E-state index in [2.05, 4.69) is 35.0 Å². The topological polar surface area (TPSA) is 72.8 Å². The molecule has 29 heavy (non-hydrogen) atoms. The van der Waals surface area contributed by atoms with Crippen molar-refractivity contribution < 1.29 is 28.0 Å². The molecule has 0 aromatic rings. The first-order chi connectivity index (χ1) is 13.7. The Morgan fingerprint density at radius 1 is 0.966 bits per heavy atom. The third-order valence-electron chi connectivity index (χ3n) is 4.03. The minimum atomic E-state index is -1.97. The second-order valence-electron chi connectivity index (χ2n) is 8.09. The predicted molar refractivity (Wildman–Crippen MR) is 126 cm³/mol. The zero-order valence-electron chi connectivity index (χ0n) is 18.9. The average Bonchev–Trinajstić information content (AvgIpc) is 2.63. The molecule has 0 saturated carbocycles. The van der Waals surface area contributed by atoms with Gasteiger partial charge in [0.15, 0.2) is 10.2 Å². The van der Waals surface area contributed by atoms with Crippen LogP contribution in [0.2, 0.25) is 0 Å². The van der Waals surface area contributed by atoms with Gasteiger partial charge in [0.2, 0.25) is 0 Å². The van der Waals surface area contributed by atoms with E-state index >= 15 is 0 Å². The molecule has 0 aliphatic rings. The first-order valence-corrected chi connectivity index (χ1v) is 13.6. The molecule has 0 amide bonds. The van der Waals surface area contributed by atoms with Gasteiger partial charge in [-0.25, -0.2) is 0 Å². The molecule has 0 aliphatic carbocycles. The van der Waals surface area contributed by atoms with Crippen molar-refractivity contribution in [3.05, 3.63) is 0 Å². The molecule has 0 radical (unpaired) electrons. The summed E-state index contributed by atoms with van der Waals surface area (Å²) in [6.07, 6.45) is 7.18.